The van der Waals surface area contributed by atoms with Crippen LogP contribution < -0.4 is 0 Å². The molecule has 0 spiro atoms. The van der Waals surface area contributed by atoms with Crippen LogP contribution in [0.15, 0.2) is 30.3 Å². The first-order valence-electron chi connectivity index (χ1n) is 5.09. The van der Waals surface area contributed by atoms with Gasteiger partial charge in [-0.1, -0.05) is 26.0 Å². The van der Waals surface area contributed by atoms with E-state index in [0.29, 0.717) is 0 Å². The molecule has 0 aliphatic carbocycles. The normalized spacial score (nSPS) is 9.28. The van der Waals surface area contributed by atoms with Gasteiger partial charge in [-0.05, 0) is 0 Å². The summed E-state index contributed by atoms with van der Waals surface area (Å²) in [6.07, 6.45) is 5.20. The van der Waals surface area contributed by atoms with Gasteiger partial charge in [0, 0.05) is 12.1 Å². The summed E-state index contributed by atoms with van der Waals surface area (Å²) in [6, 6.07) is 6.30. The predicted octanol–water partition coefficient (Wildman–Crippen LogP) is 3.19. The molecule has 0 heterocycles. The molecule has 0 aromatic heterocycles. The van der Waals surface area contributed by atoms with Crippen LogP contribution in [0.4, 0.5) is 5.69 Å². The molecule has 94 valence electrons. The molecule has 0 saturated heterocycles. The molecule has 0 radical (unpaired) electrons. The van der Waals surface area contributed by atoms with E-state index in [4.69, 9.17) is 0 Å². The molecule has 0 atom stereocenters. The van der Waals surface area contributed by atoms with Crippen molar-refractivity contribution in [3.8, 4) is 0 Å². The Morgan fingerprint density at radius 2 is 1.78 bits per heavy atom. The molecule has 0 N–H and O–H groups in total. The number of rotatable bonds is 3. The van der Waals surface area contributed by atoms with Crippen molar-refractivity contribution in [3.63, 3.8) is 0 Å². The minimum absolute atomic E-state index is 0. The summed E-state index contributed by atoms with van der Waals surface area (Å²) in [5.74, 6) is 0.0787. The van der Waals surface area contributed by atoms with Gasteiger partial charge in [-0.3, -0.25) is 16.4 Å². The van der Waals surface area contributed by atoms with Crippen LogP contribution in [0.2, 0.25) is 0 Å². The Kier molecular flexibility index (Phi) is 11.9. The van der Waals surface area contributed by atoms with Gasteiger partial charge in [-0.25, -0.2) is 19.1 Å². The second-order valence-electron chi connectivity index (χ2n) is 3.52. The first-order chi connectivity index (χ1) is 8.01. The molecule has 1 aromatic rings. The van der Waals surface area contributed by atoms with E-state index < -0.39 is 4.92 Å². The fraction of sp³-hybridized carbons (Fsp3) is 0.231. The van der Waals surface area contributed by atoms with Crippen LogP contribution in [0.5, 0.6) is 0 Å². The third kappa shape index (κ3) is 9.03. The Labute approximate surface area is 131 Å². The zero-order chi connectivity index (χ0) is 13.3. The third-order valence-electron chi connectivity index (χ3n) is 1.65. The molecule has 0 amide bonds. The topological polar surface area (TPSA) is 60.2 Å². The number of nitro groups is 1. The predicted molar refractivity (Wildman–Crippen MR) is 68.0 cm³/mol. The van der Waals surface area contributed by atoms with Crippen LogP contribution in [-0.4, -0.2) is 11.2 Å². The number of carbonyl (C=O) groups excluding carboxylic acids is 1. The van der Waals surface area contributed by atoms with Gasteiger partial charge in [0.05, 0.1) is 4.92 Å². The third-order valence-corrected chi connectivity index (χ3v) is 1.65. The average Bonchev–Trinajstić information content (AvgIpc) is 2.31. The Hall–Kier alpha value is -1.05. The van der Waals surface area contributed by atoms with E-state index in [2.05, 4.69) is 6.92 Å². The summed E-state index contributed by atoms with van der Waals surface area (Å²) >= 11 is 0. The summed E-state index contributed by atoms with van der Waals surface area (Å²) < 4.78 is 0. The van der Waals surface area contributed by atoms with Gasteiger partial charge >= 0.3 is 31.1 Å². The van der Waals surface area contributed by atoms with Crippen LogP contribution >= 0.6 is 0 Å². The molecular formula is C13H15NO3U. The van der Waals surface area contributed by atoms with E-state index in [1.54, 1.807) is 44.4 Å². The van der Waals surface area contributed by atoms with Crippen LogP contribution in [0.1, 0.15) is 19.4 Å². The summed E-state index contributed by atoms with van der Waals surface area (Å²) in [6.45, 7) is 7.12. The Balaban J connectivity index is 0. The zero-order valence-corrected chi connectivity index (χ0v) is 14.6. The summed E-state index contributed by atoms with van der Waals surface area (Å²) in [4.78, 5) is 19.2. The number of hydrogen-bond acceptors (Lipinski definition) is 3. The largest absolute Gasteiger partial charge is 2.00 e. The van der Waals surface area contributed by atoms with Crippen LogP contribution in [0, 0.1) is 54.1 Å². The second kappa shape index (κ2) is 11.1. The van der Waals surface area contributed by atoms with E-state index in [1.807, 2.05) is 0 Å². The maximum Gasteiger partial charge on any atom is 2.00 e. The smallest absolute Gasteiger partial charge is 0.542 e. The fourth-order valence-corrected chi connectivity index (χ4v) is 0.843. The van der Waals surface area contributed by atoms with Crippen molar-refractivity contribution in [1.82, 2.24) is 0 Å². The van der Waals surface area contributed by atoms with Crippen molar-refractivity contribution in [3.05, 3.63) is 52.9 Å². The minimum Gasteiger partial charge on any atom is -0.542 e. The van der Waals surface area contributed by atoms with Gasteiger partial charge in [0.2, 0.25) is 0 Å². The Morgan fingerprint density at radius 3 is 2.06 bits per heavy atom. The number of nitro benzene ring substituents is 1. The SMILES string of the molecule is CC(C)[C-]=O.[CH2-]/C=C/c1ccc([N+](=O)[O-])cc1.[U+2]. The molecule has 0 bridgehead atoms. The quantitative estimate of drug-likeness (QED) is 0.387. The number of allylic oxidation sites excluding steroid dienone is 1. The molecule has 18 heavy (non-hydrogen) atoms. The van der Waals surface area contributed by atoms with Crippen molar-refractivity contribution < 1.29 is 40.8 Å². The van der Waals surface area contributed by atoms with Crippen molar-refractivity contribution in [2.75, 3.05) is 0 Å². The monoisotopic (exact) mass is 471 g/mol. The Morgan fingerprint density at radius 1 is 1.33 bits per heavy atom. The van der Waals surface area contributed by atoms with E-state index in [9.17, 15) is 14.9 Å². The molecule has 4 nitrogen and oxygen atoms in total. The van der Waals surface area contributed by atoms with E-state index in [-0.39, 0.29) is 42.7 Å². The number of hydrogen-bond donors (Lipinski definition) is 0. The van der Waals surface area contributed by atoms with Gasteiger partial charge < -0.3 is 4.79 Å². The van der Waals surface area contributed by atoms with Crippen LogP contribution in [-0.2, 0) is 4.79 Å². The number of non-ortho nitro benzene ring substituents is 1. The van der Waals surface area contributed by atoms with Crippen LogP contribution in [0.25, 0.3) is 6.08 Å². The van der Waals surface area contributed by atoms with Gasteiger partial charge in [0.25, 0.3) is 5.69 Å². The second-order valence-corrected chi connectivity index (χ2v) is 3.52. The molecular weight excluding hydrogens is 456 g/mol. The first kappa shape index (κ1) is 19.3. The van der Waals surface area contributed by atoms with E-state index in [0.717, 1.165) is 5.56 Å². The number of nitrogens with zero attached hydrogens (tertiary/aromatic N) is 1. The minimum atomic E-state index is -0.419. The van der Waals surface area contributed by atoms with Gasteiger partial charge in [0.15, 0.2) is 0 Å². The van der Waals surface area contributed by atoms with Gasteiger partial charge in [-0.2, -0.15) is 0 Å². The maximum absolute atomic E-state index is 10.2. The summed E-state index contributed by atoms with van der Waals surface area (Å²) in [5.41, 5.74) is 1.02. The van der Waals surface area contributed by atoms with Crippen molar-refractivity contribution in [2.45, 2.75) is 13.8 Å². The van der Waals surface area contributed by atoms with Crippen LogP contribution in [0.3, 0.4) is 0 Å². The molecule has 0 aliphatic heterocycles. The summed E-state index contributed by atoms with van der Waals surface area (Å²) in [5, 5.41) is 10.2. The van der Waals surface area contributed by atoms with E-state index in [1.165, 1.54) is 12.1 Å². The fourth-order valence-electron chi connectivity index (χ4n) is 0.843. The Bertz CT molecular complexity index is 386. The molecule has 5 heteroatoms. The molecule has 0 unspecified atom stereocenters. The molecule has 1 aromatic carbocycles. The maximum atomic E-state index is 10.2. The van der Waals surface area contributed by atoms with Crippen molar-refractivity contribution in [1.29, 1.82) is 0 Å². The molecule has 1 rings (SSSR count). The molecule has 0 saturated carbocycles. The molecule has 0 aliphatic rings. The zero-order valence-electron chi connectivity index (χ0n) is 10.4. The number of benzene rings is 1. The van der Waals surface area contributed by atoms with Gasteiger partial charge in [-0.15, -0.1) is 11.5 Å². The van der Waals surface area contributed by atoms with Crippen molar-refractivity contribution in [2.24, 2.45) is 5.92 Å². The van der Waals surface area contributed by atoms with Gasteiger partial charge in [0.1, 0.15) is 0 Å². The first-order valence-corrected chi connectivity index (χ1v) is 5.09. The molecule has 0 fully saturated rings. The van der Waals surface area contributed by atoms with Crippen molar-refractivity contribution >= 4 is 18.0 Å². The standard InChI is InChI=1S/C9H8NO2.C4H7O.U/c1-2-3-8-4-6-9(7-5-8)10(11)12;1-4(2)3-5;/h2-7H,1H2;4H,1-2H3;/q2*-1;+2/b3-2+;;. The summed E-state index contributed by atoms with van der Waals surface area (Å²) in [7, 11) is 0. The average molecular weight is 471 g/mol. The van der Waals surface area contributed by atoms with E-state index >= 15 is 0 Å².